The van der Waals surface area contributed by atoms with Crippen LogP contribution in [0, 0.1) is 29.1 Å². The average Bonchev–Trinajstić information content (AvgIpc) is 2.93. The number of amides is 1. The molecule has 1 fully saturated rings. The highest BCUT2D eigenvalue weighted by Crippen LogP contribution is 2.55. The number of hydrogen-bond acceptors (Lipinski definition) is 4. The Kier molecular flexibility index (Phi) is 6.40. The van der Waals surface area contributed by atoms with E-state index < -0.39 is 17.6 Å². The van der Waals surface area contributed by atoms with Crippen molar-refractivity contribution in [1.82, 2.24) is 5.32 Å². The fourth-order valence-electron chi connectivity index (χ4n) is 5.84. The van der Waals surface area contributed by atoms with E-state index in [-0.39, 0.29) is 48.3 Å². The molecule has 3 N–H and O–H groups in total. The maximum absolute atomic E-state index is 13.7. The van der Waals surface area contributed by atoms with Crippen molar-refractivity contribution in [2.75, 3.05) is 0 Å². The van der Waals surface area contributed by atoms with Gasteiger partial charge in [0, 0.05) is 24.3 Å². The van der Waals surface area contributed by atoms with Crippen LogP contribution >= 0.6 is 0 Å². The summed E-state index contributed by atoms with van der Waals surface area (Å²) in [6.45, 7) is 10.5. The number of nitrogens with one attached hydrogen (secondary N) is 1. The van der Waals surface area contributed by atoms with Crippen LogP contribution in [0.3, 0.4) is 0 Å². The van der Waals surface area contributed by atoms with E-state index in [2.05, 4.69) is 45.2 Å². The van der Waals surface area contributed by atoms with Crippen LogP contribution < -0.4 is 5.32 Å². The lowest BCUT2D eigenvalue weighted by atomic mass is 9.54. The molecule has 3 aliphatic rings. The number of hydrogen-bond donors (Lipinski definition) is 3. The Hall–Kier alpha value is -1.46. The van der Waals surface area contributed by atoms with E-state index >= 15 is 0 Å². The molecular weight excluding hydrogens is 366 g/mol. The first-order valence-electron chi connectivity index (χ1n) is 11.1. The van der Waals surface area contributed by atoms with Gasteiger partial charge < -0.3 is 15.5 Å². The minimum absolute atomic E-state index is 0.0260. The number of ketones is 1. The van der Waals surface area contributed by atoms with Crippen molar-refractivity contribution < 1.29 is 19.8 Å². The summed E-state index contributed by atoms with van der Waals surface area (Å²) >= 11 is 0. The van der Waals surface area contributed by atoms with Gasteiger partial charge in [-0.05, 0) is 51.4 Å². The first-order chi connectivity index (χ1) is 13.6. The van der Waals surface area contributed by atoms with Crippen molar-refractivity contribution in [1.29, 1.82) is 0 Å². The molecule has 29 heavy (non-hydrogen) atoms. The van der Waals surface area contributed by atoms with Gasteiger partial charge in [-0.2, -0.15) is 0 Å². The number of Topliss-reactive ketones (excluding diaryl/α,β-unsaturated/α-hetero) is 1. The highest BCUT2D eigenvalue weighted by Gasteiger charge is 2.65. The van der Waals surface area contributed by atoms with Gasteiger partial charge in [0.1, 0.15) is 11.2 Å². The molecule has 5 nitrogen and oxygen atoms in total. The fourth-order valence-corrected chi connectivity index (χ4v) is 5.84. The van der Waals surface area contributed by atoms with E-state index in [1.165, 1.54) is 5.57 Å². The summed E-state index contributed by atoms with van der Waals surface area (Å²) in [5.41, 5.74) is 1.16. The van der Waals surface area contributed by atoms with Gasteiger partial charge in [0.2, 0.25) is 5.91 Å². The molecule has 0 aromatic rings. The predicted molar refractivity (Wildman–Crippen MR) is 113 cm³/mol. The van der Waals surface area contributed by atoms with Gasteiger partial charge >= 0.3 is 0 Å². The van der Waals surface area contributed by atoms with Crippen LogP contribution in [-0.2, 0) is 9.59 Å². The van der Waals surface area contributed by atoms with Crippen molar-refractivity contribution in [3.8, 4) is 0 Å². The first kappa shape index (κ1) is 22.2. The van der Waals surface area contributed by atoms with Crippen molar-refractivity contribution in [2.45, 2.75) is 85.0 Å². The zero-order valence-corrected chi connectivity index (χ0v) is 18.4. The Balaban J connectivity index is 2.14. The smallest absolute Gasteiger partial charge is 0.235 e. The molecule has 3 rings (SSSR count). The van der Waals surface area contributed by atoms with Gasteiger partial charge in [-0.3, -0.25) is 9.59 Å². The number of aliphatic hydroxyl groups excluding tert-OH is 2. The molecule has 1 spiro atoms. The lowest BCUT2D eigenvalue weighted by Crippen LogP contribution is -2.52. The number of carbonyl (C=O) groups excluding carboxylic acids is 2. The molecule has 2 aliphatic carbocycles. The maximum atomic E-state index is 13.7. The Morgan fingerprint density at radius 1 is 1.10 bits per heavy atom. The summed E-state index contributed by atoms with van der Waals surface area (Å²) in [5.74, 6) is -0.0692. The molecule has 0 bridgehead atoms. The quantitative estimate of drug-likeness (QED) is 0.488. The van der Waals surface area contributed by atoms with Gasteiger partial charge in [0.25, 0.3) is 0 Å². The van der Waals surface area contributed by atoms with E-state index in [4.69, 9.17) is 0 Å². The minimum atomic E-state index is -1.12. The molecule has 1 amide bonds. The third-order valence-corrected chi connectivity index (χ3v) is 7.47. The SMILES string of the molecule is CC1=C[C@H]2C=C(C)[C@@H](C)[C@H]3[C@H](CC(C)C)NC(=O)[C@@]23C(=O)CC[C@H](O)[C@H](O)CC1. The second-order valence-electron chi connectivity index (χ2n) is 9.98. The molecule has 162 valence electrons. The summed E-state index contributed by atoms with van der Waals surface area (Å²) < 4.78 is 0. The van der Waals surface area contributed by atoms with Crippen molar-refractivity contribution >= 4 is 11.7 Å². The summed E-state index contributed by atoms with van der Waals surface area (Å²) in [6, 6.07) is -0.0260. The van der Waals surface area contributed by atoms with E-state index in [1.54, 1.807) is 0 Å². The zero-order valence-electron chi connectivity index (χ0n) is 18.4. The highest BCUT2D eigenvalue weighted by molar-refractivity contribution is 6.09. The predicted octanol–water partition coefficient (Wildman–Crippen LogP) is 3.16. The number of carbonyl (C=O) groups is 2. The van der Waals surface area contributed by atoms with Crippen LogP contribution in [0.25, 0.3) is 0 Å². The largest absolute Gasteiger partial charge is 0.390 e. The molecule has 5 heteroatoms. The Morgan fingerprint density at radius 3 is 2.34 bits per heavy atom. The maximum Gasteiger partial charge on any atom is 0.235 e. The van der Waals surface area contributed by atoms with Gasteiger partial charge in [-0.15, -0.1) is 0 Å². The van der Waals surface area contributed by atoms with Gasteiger partial charge in [0.05, 0.1) is 12.2 Å². The van der Waals surface area contributed by atoms with Crippen LogP contribution in [0.2, 0.25) is 0 Å². The van der Waals surface area contributed by atoms with Crippen LogP contribution in [-0.4, -0.2) is 40.2 Å². The summed E-state index contributed by atoms with van der Waals surface area (Å²) in [4.78, 5) is 27.2. The monoisotopic (exact) mass is 403 g/mol. The standard InChI is InChI=1S/C24H37NO4/c1-13(2)10-18-22-16(5)15(4)12-17-11-14(3)6-7-19(26)20(27)8-9-21(28)24(17,22)23(29)25-18/h11-13,16-20,22,26-27H,6-10H2,1-5H3,(H,25,29)/t16-,17+,18+,19-,20+,22+,24-/m1/s1. The molecule has 1 saturated heterocycles. The van der Waals surface area contributed by atoms with Crippen LogP contribution in [0.5, 0.6) is 0 Å². The molecule has 0 aromatic heterocycles. The van der Waals surface area contributed by atoms with Crippen molar-refractivity contribution in [2.24, 2.45) is 29.1 Å². The lowest BCUT2D eigenvalue weighted by Gasteiger charge is -2.45. The van der Waals surface area contributed by atoms with Gasteiger partial charge in [0.15, 0.2) is 0 Å². The Morgan fingerprint density at radius 2 is 1.72 bits per heavy atom. The average molecular weight is 404 g/mol. The second-order valence-corrected chi connectivity index (χ2v) is 9.98. The van der Waals surface area contributed by atoms with Crippen LogP contribution in [0.1, 0.15) is 66.7 Å². The third kappa shape index (κ3) is 3.84. The molecule has 0 radical (unpaired) electrons. The molecule has 0 unspecified atom stereocenters. The number of rotatable bonds is 2. The summed E-state index contributed by atoms with van der Waals surface area (Å²) in [6.07, 6.45) is 4.66. The van der Waals surface area contributed by atoms with E-state index in [0.717, 1.165) is 12.0 Å². The normalized spacial score (nSPS) is 41.1. The molecule has 7 atom stereocenters. The Bertz CT molecular complexity index is 724. The third-order valence-electron chi connectivity index (χ3n) is 7.47. The second kappa shape index (κ2) is 8.35. The first-order valence-corrected chi connectivity index (χ1v) is 11.1. The Labute approximate surface area is 174 Å². The zero-order chi connectivity index (χ0) is 21.5. The molecule has 1 aliphatic heterocycles. The summed E-state index contributed by atoms with van der Waals surface area (Å²) in [7, 11) is 0. The lowest BCUT2D eigenvalue weighted by molar-refractivity contribution is -0.145. The van der Waals surface area contributed by atoms with Crippen molar-refractivity contribution in [3.05, 3.63) is 23.3 Å². The summed E-state index contributed by atoms with van der Waals surface area (Å²) in [5, 5.41) is 23.8. The number of aliphatic hydroxyl groups is 2. The van der Waals surface area contributed by atoms with Gasteiger partial charge in [-0.1, -0.05) is 44.1 Å². The molecular formula is C24H37NO4. The molecule has 0 aromatic carbocycles. The highest BCUT2D eigenvalue weighted by atomic mass is 16.3. The molecule has 1 heterocycles. The topological polar surface area (TPSA) is 86.6 Å². The number of allylic oxidation sites excluding steroid dienone is 4. The van der Waals surface area contributed by atoms with E-state index in [0.29, 0.717) is 18.8 Å². The van der Waals surface area contributed by atoms with Gasteiger partial charge in [-0.25, -0.2) is 0 Å². The van der Waals surface area contributed by atoms with Crippen LogP contribution in [0.4, 0.5) is 0 Å². The fraction of sp³-hybridized carbons (Fsp3) is 0.750. The minimum Gasteiger partial charge on any atom is -0.390 e. The van der Waals surface area contributed by atoms with Crippen molar-refractivity contribution in [3.63, 3.8) is 0 Å². The van der Waals surface area contributed by atoms with E-state index in [9.17, 15) is 19.8 Å². The van der Waals surface area contributed by atoms with Crippen LogP contribution in [0.15, 0.2) is 23.3 Å². The molecule has 0 saturated carbocycles. The van der Waals surface area contributed by atoms with E-state index in [1.807, 2.05) is 6.92 Å².